The Hall–Kier alpha value is -2.70. The summed E-state index contributed by atoms with van der Waals surface area (Å²) in [5.41, 5.74) is 4.91. The average molecular weight is 274 g/mol. The molecule has 2 aromatic rings. The van der Waals surface area contributed by atoms with Crippen LogP contribution in [0.1, 0.15) is 13.8 Å². The van der Waals surface area contributed by atoms with Crippen LogP contribution in [0.3, 0.4) is 0 Å². The van der Waals surface area contributed by atoms with Gasteiger partial charge < -0.3 is 11.1 Å². The molecule has 0 unspecified atom stereocenters. The molecule has 1 aromatic heterocycles. The zero-order valence-electron chi connectivity index (χ0n) is 11.1. The largest absolute Gasteiger partial charge is 0.371 e. The fourth-order valence-corrected chi connectivity index (χ4v) is 1.84. The second kappa shape index (κ2) is 4.76. The van der Waals surface area contributed by atoms with E-state index >= 15 is 0 Å². The summed E-state index contributed by atoms with van der Waals surface area (Å²) in [5.74, 6) is -0.516. The summed E-state index contributed by atoms with van der Waals surface area (Å²) >= 11 is 0. The molecule has 104 valence electrons. The zero-order valence-corrected chi connectivity index (χ0v) is 11.1. The number of benzene rings is 1. The molecule has 0 saturated heterocycles. The summed E-state index contributed by atoms with van der Waals surface area (Å²) in [5, 5.41) is 15.0. The lowest BCUT2D eigenvalue weighted by Crippen LogP contribution is -2.45. The molecule has 2 rings (SSSR count). The SMILES string of the molecule is CC(C)(Nc1ccc([N+](=O)[O-])c2cnccc12)C(N)=O. The number of hydrogen-bond donors (Lipinski definition) is 2. The van der Waals surface area contributed by atoms with Crippen molar-refractivity contribution in [2.24, 2.45) is 5.73 Å². The van der Waals surface area contributed by atoms with Crippen molar-refractivity contribution in [2.75, 3.05) is 5.32 Å². The van der Waals surface area contributed by atoms with Crippen LogP contribution < -0.4 is 11.1 Å². The molecule has 0 aliphatic heterocycles. The smallest absolute Gasteiger partial charge is 0.278 e. The van der Waals surface area contributed by atoms with Crippen molar-refractivity contribution in [3.63, 3.8) is 0 Å². The number of anilines is 1. The first-order chi connectivity index (χ1) is 9.33. The third-order valence-electron chi connectivity index (χ3n) is 3.05. The van der Waals surface area contributed by atoms with Gasteiger partial charge in [-0.05, 0) is 26.0 Å². The lowest BCUT2D eigenvalue weighted by atomic mass is 10.0. The molecule has 0 aliphatic carbocycles. The van der Waals surface area contributed by atoms with Crippen molar-refractivity contribution in [1.82, 2.24) is 4.98 Å². The minimum Gasteiger partial charge on any atom is -0.371 e. The third kappa shape index (κ3) is 2.37. The van der Waals surface area contributed by atoms with Crippen molar-refractivity contribution in [1.29, 1.82) is 0 Å². The zero-order chi connectivity index (χ0) is 14.9. The van der Waals surface area contributed by atoms with Gasteiger partial charge in [0.1, 0.15) is 5.54 Å². The number of primary amides is 1. The number of hydrogen-bond acceptors (Lipinski definition) is 5. The van der Waals surface area contributed by atoms with Gasteiger partial charge in [0.05, 0.1) is 10.3 Å². The summed E-state index contributed by atoms with van der Waals surface area (Å²) in [4.78, 5) is 25.8. The fraction of sp³-hybridized carbons (Fsp3) is 0.231. The molecule has 0 bridgehead atoms. The first kappa shape index (κ1) is 13.7. The van der Waals surface area contributed by atoms with Crippen molar-refractivity contribution < 1.29 is 9.72 Å². The molecule has 0 fully saturated rings. The number of aromatic nitrogens is 1. The Morgan fingerprint density at radius 1 is 1.35 bits per heavy atom. The molecule has 7 heteroatoms. The van der Waals surface area contributed by atoms with Gasteiger partial charge in [-0.25, -0.2) is 0 Å². The summed E-state index contributed by atoms with van der Waals surface area (Å²) in [6.45, 7) is 3.29. The molecule has 20 heavy (non-hydrogen) atoms. The summed E-state index contributed by atoms with van der Waals surface area (Å²) in [7, 11) is 0. The number of nitrogens with two attached hydrogens (primary N) is 1. The van der Waals surface area contributed by atoms with Gasteiger partial charge in [0.2, 0.25) is 5.91 Å². The van der Waals surface area contributed by atoms with Gasteiger partial charge in [0.25, 0.3) is 5.69 Å². The van der Waals surface area contributed by atoms with E-state index in [9.17, 15) is 14.9 Å². The van der Waals surface area contributed by atoms with Crippen LogP contribution in [0.15, 0.2) is 30.6 Å². The average Bonchev–Trinajstić information content (AvgIpc) is 2.38. The second-order valence-corrected chi connectivity index (χ2v) is 4.92. The van der Waals surface area contributed by atoms with E-state index in [2.05, 4.69) is 10.3 Å². The highest BCUT2D eigenvalue weighted by Gasteiger charge is 2.26. The van der Waals surface area contributed by atoms with Gasteiger partial charge in [0.15, 0.2) is 0 Å². The van der Waals surface area contributed by atoms with E-state index in [1.54, 1.807) is 26.0 Å². The predicted octanol–water partition coefficient (Wildman–Crippen LogP) is 1.82. The minimum atomic E-state index is -0.966. The molecule has 7 nitrogen and oxygen atoms in total. The minimum absolute atomic E-state index is 0.0319. The predicted molar refractivity (Wildman–Crippen MR) is 75.3 cm³/mol. The van der Waals surface area contributed by atoms with Crippen molar-refractivity contribution in [3.05, 3.63) is 40.7 Å². The van der Waals surface area contributed by atoms with E-state index in [4.69, 9.17) is 5.73 Å². The molecule has 0 aliphatic rings. The number of fused-ring (bicyclic) bond motifs is 1. The summed E-state index contributed by atoms with van der Waals surface area (Å²) in [6, 6.07) is 4.59. The van der Waals surface area contributed by atoms with Crippen LogP contribution in [0, 0.1) is 10.1 Å². The van der Waals surface area contributed by atoms with E-state index in [1.807, 2.05) is 0 Å². The Balaban J connectivity index is 2.60. The number of nitro groups is 1. The molecular formula is C13H14N4O3. The highest BCUT2D eigenvalue weighted by molar-refractivity contribution is 6.00. The number of nitro benzene ring substituents is 1. The molecule has 0 saturated carbocycles. The third-order valence-corrected chi connectivity index (χ3v) is 3.05. The van der Waals surface area contributed by atoms with Crippen LogP contribution >= 0.6 is 0 Å². The Labute approximate surface area is 114 Å². The van der Waals surface area contributed by atoms with Crippen LogP contribution in [0.4, 0.5) is 11.4 Å². The summed E-state index contributed by atoms with van der Waals surface area (Å²) in [6.07, 6.45) is 2.96. The van der Waals surface area contributed by atoms with E-state index in [-0.39, 0.29) is 5.69 Å². The number of carbonyl (C=O) groups excluding carboxylic acids is 1. The summed E-state index contributed by atoms with van der Waals surface area (Å²) < 4.78 is 0. The van der Waals surface area contributed by atoms with Gasteiger partial charge >= 0.3 is 0 Å². The van der Waals surface area contributed by atoms with Crippen LogP contribution in [0.2, 0.25) is 0 Å². The Morgan fingerprint density at radius 2 is 2.05 bits per heavy atom. The van der Waals surface area contributed by atoms with Crippen molar-refractivity contribution >= 4 is 28.1 Å². The lowest BCUT2D eigenvalue weighted by Gasteiger charge is -2.24. The molecule has 0 spiro atoms. The molecule has 3 N–H and O–H groups in total. The topological polar surface area (TPSA) is 111 Å². The molecular weight excluding hydrogens is 260 g/mol. The lowest BCUT2D eigenvalue weighted by molar-refractivity contribution is -0.383. The number of rotatable bonds is 4. The van der Waals surface area contributed by atoms with Gasteiger partial charge in [-0.2, -0.15) is 0 Å². The monoisotopic (exact) mass is 274 g/mol. The molecule has 0 radical (unpaired) electrons. The first-order valence-corrected chi connectivity index (χ1v) is 5.92. The fourth-order valence-electron chi connectivity index (χ4n) is 1.84. The number of non-ortho nitro benzene ring substituents is 1. The normalized spacial score (nSPS) is 11.3. The quantitative estimate of drug-likeness (QED) is 0.652. The molecule has 1 aromatic carbocycles. The molecule has 0 atom stereocenters. The van der Waals surface area contributed by atoms with Crippen LogP contribution in [-0.2, 0) is 4.79 Å². The maximum Gasteiger partial charge on any atom is 0.278 e. The number of pyridine rings is 1. The van der Waals surface area contributed by atoms with E-state index in [0.29, 0.717) is 16.5 Å². The Morgan fingerprint density at radius 3 is 2.65 bits per heavy atom. The van der Waals surface area contributed by atoms with Crippen molar-refractivity contribution in [2.45, 2.75) is 19.4 Å². The highest BCUT2D eigenvalue weighted by atomic mass is 16.6. The van der Waals surface area contributed by atoms with Crippen LogP contribution in [0.25, 0.3) is 10.8 Å². The second-order valence-electron chi connectivity index (χ2n) is 4.92. The molecule has 1 amide bonds. The number of nitrogens with zero attached hydrogens (tertiary/aromatic N) is 2. The van der Waals surface area contributed by atoms with Crippen LogP contribution in [-0.4, -0.2) is 21.4 Å². The van der Waals surface area contributed by atoms with Gasteiger partial charge in [0, 0.05) is 29.5 Å². The van der Waals surface area contributed by atoms with E-state index < -0.39 is 16.4 Å². The van der Waals surface area contributed by atoms with Gasteiger partial charge in [-0.15, -0.1) is 0 Å². The van der Waals surface area contributed by atoms with Crippen LogP contribution in [0.5, 0.6) is 0 Å². The van der Waals surface area contributed by atoms with E-state index in [1.165, 1.54) is 18.5 Å². The van der Waals surface area contributed by atoms with Gasteiger partial charge in [-0.3, -0.25) is 19.9 Å². The van der Waals surface area contributed by atoms with Gasteiger partial charge in [-0.1, -0.05) is 0 Å². The maximum absolute atomic E-state index is 11.4. The molecule has 1 heterocycles. The highest BCUT2D eigenvalue weighted by Crippen LogP contribution is 2.32. The number of amides is 1. The first-order valence-electron chi connectivity index (χ1n) is 5.92. The van der Waals surface area contributed by atoms with E-state index in [0.717, 1.165) is 0 Å². The Kier molecular flexibility index (Phi) is 3.27. The Bertz CT molecular complexity index is 697. The maximum atomic E-state index is 11.4. The number of carbonyl (C=O) groups is 1. The standard InChI is InChI=1S/C13H14N4O3/c1-13(2,12(14)18)16-10-3-4-11(17(19)20)9-7-15-6-5-8(9)10/h3-7,16H,1-2H3,(H2,14,18). The van der Waals surface area contributed by atoms with Crippen molar-refractivity contribution in [3.8, 4) is 0 Å². The number of nitrogens with one attached hydrogen (secondary N) is 1.